The highest BCUT2D eigenvalue weighted by atomic mass is 31.2. The molecule has 0 fully saturated rings. The molecule has 0 unspecified atom stereocenters. The van der Waals surface area contributed by atoms with Gasteiger partial charge in [0.25, 0.3) is 0 Å². The van der Waals surface area contributed by atoms with Crippen molar-refractivity contribution in [3.05, 3.63) is 30.3 Å². The number of nitrogens with zero attached hydrogens (tertiary/aromatic N) is 1. The van der Waals surface area contributed by atoms with Crippen molar-refractivity contribution in [2.24, 2.45) is 0 Å². The van der Waals surface area contributed by atoms with Gasteiger partial charge in [0, 0.05) is 6.92 Å². The summed E-state index contributed by atoms with van der Waals surface area (Å²) in [6.45, 7) is 5.14. The molecule has 0 aromatic heterocycles. The molecule has 1 amide bonds. The topological polar surface area (TPSA) is 55.8 Å². The van der Waals surface area contributed by atoms with Crippen LogP contribution in [-0.4, -0.2) is 19.1 Å². The molecule has 0 aliphatic carbocycles. The van der Waals surface area contributed by atoms with E-state index in [4.69, 9.17) is 9.05 Å². The summed E-state index contributed by atoms with van der Waals surface area (Å²) in [7, 11) is -3.62. The van der Waals surface area contributed by atoms with E-state index in [9.17, 15) is 9.36 Å². The van der Waals surface area contributed by atoms with Crippen LogP contribution in [0.1, 0.15) is 20.8 Å². The Balaban J connectivity index is 3.18. The molecule has 1 rings (SSSR count). The van der Waals surface area contributed by atoms with E-state index >= 15 is 0 Å². The second-order valence-corrected chi connectivity index (χ2v) is 5.32. The predicted octanol–water partition coefficient (Wildman–Crippen LogP) is 3.22. The van der Waals surface area contributed by atoms with Crippen LogP contribution in [0, 0.1) is 0 Å². The SMILES string of the molecule is CCOP(=O)(OCC)N(C(C)=O)c1ccccc1. The third kappa shape index (κ3) is 3.42. The Bertz CT molecular complexity index is 425. The average molecular weight is 271 g/mol. The van der Waals surface area contributed by atoms with Crippen molar-refractivity contribution in [2.75, 3.05) is 17.9 Å². The number of rotatable bonds is 6. The largest absolute Gasteiger partial charge is 0.442 e. The molecule has 1 aromatic carbocycles. The molecule has 0 aliphatic heterocycles. The molecule has 0 heterocycles. The van der Waals surface area contributed by atoms with E-state index < -0.39 is 7.75 Å². The fourth-order valence-corrected chi connectivity index (χ4v) is 3.26. The Kier molecular flexibility index (Phi) is 5.54. The van der Waals surface area contributed by atoms with Gasteiger partial charge in [0.2, 0.25) is 5.91 Å². The van der Waals surface area contributed by atoms with Gasteiger partial charge in [-0.05, 0) is 26.0 Å². The summed E-state index contributed by atoms with van der Waals surface area (Å²) >= 11 is 0. The summed E-state index contributed by atoms with van der Waals surface area (Å²) in [5.41, 5.74) is 0.496. The summed E-state index contributed by atoms with van der Waals surface area (Å²) in [6, 6.07) is 8.70. The van der Waals surface area contributed by atoms with Gasteiger partial charge < -0.3 is 0 Å². The third-order valence-electron chi connectivity index (χ3n) is 2.13. The minimum Gasteiger partial charge on any atom is -0.292 e. The Morgan fingerprint density at radius 1 is 1.17 bits per heavy atom. The molecule has 0 saturated carbocycles. The van der Waals surface area contributed by atoms with Crippen LogP contribution in [0.4, 0.5) is 5.69 Å². The lowest BCUT2D eigenvalue weighted by molar-refractivity contribution is -0.115. The van der Waals surface area contributed by atoms with Crippen molar-refractivity contribution in [2.45, 2.75) is 20.8 Å². The van der Waals surface area contributed by atoms with Gasteiger partial charge in [-0.25, -0.2) is 9.24 Å². The molecule has 5 nitrogen and oxygen atoms in total. The lowest BCUT2D eigenvalue weighted by atomic mass is 10.3. The maximum absolute atomic E-state index is 12.6. The van der Waals surface area contributed by atoms with Crippen LogP contribution in [0.15, 0.2) is 30.3 Å². The number of amides is 1. The van der Waals surface area contributed by atoms with Crippen molar-refractivity contribution < 1.29 is 18.4 Å². The van der Waals surface area contributed by atoms with E-state index in [0.29, 0.717) is 5.69 Å². The van der Waals surface area contributed by atoms with Gasteiger partial charge in [-0.2, -0.15) is 0 Å². The van der Waals surface area contributed by atoms with Gasteiger partial charge in [0.05, 0.1) is 18.9 Å². The first-order valence-electron chi connectivity index (χ1n) is 5.80. The normalized spacial score (nSPS) is 11.3. The molecule has 6 heteroatoms. The second kappa shape index (κ2) is 6.69. The number of hydrogen-bond donors (Lipinski definition) is 0. The molecule has 0 atom stereocenters. The first-order chi connectivity index (χ1) is 8.55. The van der Waals surface area contributed by atoms with E-state index in [-0.39, 0.29) is 19.1 Å². The molecule has 0 N–H and O–H groups in total. The molecular formula is C12H18NO4P. The smallest absolute Gasteiger partial charge is 0.292 e. The first kappa shape index (κ1) is 14.9. The lowest BCUT2D eigenvalue weighted by Gasteiger charge is -2.28. The predicted molar refractivity (Wildman–Crippen MR) is 70.5 cm³/mol. The summed E-state index contributed by atoms with van der Waals surface area (Å²) in [4.78, 5) is 11.7. The third-order valence-corrected chi connectivity index (χ3v) is 4.30. The first-order valence-corrected chi connectivity index (χ1v) is 7.30. The van der Waals surface area contributed by atoms with Crippen LogP contribution >= 0.6 is 7.75 Å². The highest BCUT2D eigenvalue weighted by molar-refractivity contribution is 7.56. The molecule has 18 heavy (non-hydrogen) atoms. The van der Waals surface area contributed by atoms with Gasteiger partial charge >= 0.3 is 7.75 Å². The van der Waals surface area contributed by atoms with Crippen LogP contribution < -0.4 is 4.67 Å². The Morgan fingerprint density at radius 3 is 2.06 bits per heavy atom. The standard InChI is InChI=1S/C12H18NO4P/c1-4-16-18(15,17-5-2)13(11(3)14)12-9-7-6-8-10-12/h6-10H,4-5H2,1-3H3. The van der Waals surface area contributed by atoms with Crippen LogP contribution in [0.3, 0.4) is 0 Å². The number of hydrogen-bond acceptors (Lipinski definition) is 4. The van der Waals surface area contributed by atoms with Crippen molar-refractivity contribution >= 4 is 19.3 Å². The molecule has 100 valence electrons. The Labute approximate surface area is 107 Å². The van der Waals surface area contributed by atoms with E-state index in [1.165, 1.54) is 6.92 Å². The summed E-state index contributed by atoms with van der Waals surface area (Å²) in [5.74, 6) is -0.383. The lowest BCUT2D eigenvalue weighted by Crippen LogP contribution is -2.27. The van der Waals surface area contributed by atoms with Crippen LogP contribution in [0.2, 0.25) is 0 Å². The van der Waals surface area contributed by atoms with E-state index in [1.807, 2.05) is 6.07 Å². The van der Waals surface area contributed by atoms with E-state index in [2.05, 4.69) is 0 Å². The highest BCUT2D eigenvalue weighted by Gasteiger charge is 2.36. The minimum atomic E-state index is -3.62. The maximum Gasteiger partial charge on any atom is 0.442 e. The monoisotopic (exact) mass is 271 g/mol. The molecule has 0 radical (unpaired) electrons. The fraction of sp³-hybridized carbons (Fsp3) is 0.417. The quantitative estimate of drug-likeness (QED) is 0.745. The highest BCUT2D eigenvalue weighted by Crippen LogP contribution is 2.53. The van der Waals surface area contributed by atoms with Crippen molar-refractivity contribution in [3.8, 4) is 0 Å². The Hall–Kier alpha value is -1.16. The minimum absolute atomic E-state index is 0.202. The van der Waals surface area contributed by atoms with Gasteiger partial charge in [0.15, 0.2) is 0 Å². The number of carbonyl (C=O) groups is 1. The molecule has 0 aliphatic rings. The Morgan fingerprint density at radius 2 is 1.67 bits per heavy atom. The van der Waals surface area contributed by atoms with Crippen molar-refractivity contribution in [1.82, 2.24) is 0 Å². The van der Waals surface area contributed by atoms with Crippen LogP contribution in [-0.2, 0) is 18.4 Å². The molecule has 0 saturated heterocycles. The van der Waals surface area contributed by atoms with Gasteiger partial charge in [-0.15, -0.1) is 0 Å². The summed E-state index contributed by atoms with van der Waals surface area (Å²) in [6.07, 6.45) is 0. The number of para-hydroxylation sites is 1. The fourth-order valence-electron chi connectivity index (χ4n) is 1.54. The molecular weight excluding hydrogens is 253 g/mol. The van der Waals surface area contributed by atoms with Gasteiger partial charge in [-0.3, -0.25) is 13.8 Å². The number of carbonyl (C=O) groups excluding carboxylic acids is 1. The maximum atomic E-state index is 12.6. The molecule has 1 aromatic rings. The zero-order chi connectivity index (χ0) is 13.6. The van der Waals surface area contributed by atoms with E-state index in [1.54, 1.807) is 38.1 Å². The van der Waals surface area contributed by atoms with Gasteiger partial charge in [0.1, 0.15) is 0 Å². The number of benzene rings is 1. The zero-order valence-corrected chi connectivity index (χ0v) is 11.7. The zero-order valence-electron chi connectivity index (χ0n) is 10.8. The van der Waals surface area contributed by atoms with Crippen molar-refractivity contribution in [1.29, 1.82) is 0 Å². The molecule has 0 spiro atoms. The summed E-state index contributed by atoms with van der Waals surface area (Å²) < 4.78 is 24.1. The van der Waals surface area contributed by atoms with E-state index in [0.717, 1.165) is 4.67 Å². The average Bonchev–Trinajstić information content (AvgIpc) is 2.30. The van der Waals surface area contributed by atoms with Crippen LogP contribution in [0.5, 0.6) is 0 Å². The number of anilines is 1. The van der Waals surface area contributed by atoms with Crippen molar-refractivity contribution in [3.63, 3.8) is 0 Å². The second-order valence-electron chi connectivity index (χ2n) is 3.47. The summed E-state index contributed by atoms with van der Waals surface area (Å²) in [5, 5.41) is 0. The molecule has 0 bridgehead atoms. The van der Waals surface area contributed by atoms with Crippen LogP contribution in [0.25, 0.3) is 0 Å². The van der Waals surface area contributed by atoms with Gasteiger partial charge in [-0.1, -0.05) is 18.2 Å².